The smallest absolute Gasteiger partial charge is 0.0714 e. The van der Waals surface area contributed by atoms with Gasteiger partial charge in [0, 0.05) is 16.9 Å². The Bertz CT molecular complexity index is 2840. The van der Waals surface area contributed by atoms with E-state index < -0.39 is 5.41 Å². The number of rotatable bonds is 7. The minimum Gasteiger partial charge on any atom is -0.310 e. The molecule has 0 saturated heterocycles. The summed E-state index contributed by atoms with van der Waals surface area (Å²) in [6.07, 6.45) is 5.56. The summed E-state index contributed by atoms with van der Waals surface area (Å²) in [6, 6.07) is 69.3. The van der Waals surface area contributed by atoms with E-state index in [1.54, 1.807) is 0 Å². The molecule has 3 unspecified atom stereocenters. The molecule has 0 amide bonds. The molecule has 0 spiro atoms. The predicted molar refractivity (Wildman–Crippen MR) is 253 cm³/mol. The molecule has 294 valence electrons. The second-order valence-corrected chi connectivity index (χ2v) is 18.9. The number of nitrogens with zero attached hydrogens (tertiary/aromatic N) is 1. The highest BCUT2D eigenvalue weighted by molar-refractivity contribution is 6.00. The average molecular weight is 776 g/mol. The van der Waals surface area contributed by atoms with E-state index >= 15 is 0 Å². The lowest BCUT2D eigenvalue weighted by Crippen LogP contribution is -2.28. The van der Waals surface area contributed by atoms with Crippen LogP contribution >= 0.6 is 0 Å². The molecule has 0 radical (unpaired) electrons. The van der Waals surface area contributed by atoms with Crippen molar-refractivity contribution in [2.45, 2.75) is 70.1 Å². The Hall–Kier alpha value is -6.18. The molecule has 0 N–H and O–H groups in total. The summed E-state index contributed by atoms with van der Waals surface area (Å²) < 4.78 is 0. The number of hydrogen-bond acceptors (Lipinski definition) is 1. The molecule has 0 heterocycles. The summed E-state index contributed by atoms with van der Waals surface area (Å²) in [4.78, 5) is 2.57. The fourth-order valence-corrected chi connectivity index (χ4v) is 11.8. The minimum atomic E-state index is -0.502. The molecule has 0 aliphatic heterocycles. The van der Waals surface area contributed by atoms with Crippen LogP contribution in [0.15, 0.2) is 182 Å². The highest BCUT2D eigenvalue weighted by Gasteiger charge is 2.47. The third-order valence-corrected chi connectivity index (χ3v) is 14.5. The van der Waals surface area contributed by atoms with Crippen LogP contribution in [0, 0.1) is 18.8 Å². The summed E-state index contributed by atoms with van der Waals surface area (Å²) in [5.41, 5.74) is 17.6. The van der Waals surface area contributed by atoms with Crippen molar-refractivity contribution in [3.05, 3.63) is 221 Å². The minimum absolute atomic E-state index is 0.0468. The van der Waals surface area contributed by atoms with E-state index in [2.05, 4.69) is 215 Å². The van der Waals surface area contributed by atoms with E-state index in [1.807, 2.05) is 0 Å². The molecule has 3 atom stereocenters. The zero-order valence-electron chi connectivity index (χ0n) is 35.3. The van der Waals surface area contributed by atoms with Crippen molar-refractivity contribution in [2.24, 2.45) is 11.8 Å². The van der Waals surface area contributed by atoms with Crippen LogP contribution in [0.3, 0.4) is 0 Å². The first-order valence-electron chi connectivity index (χ1n) is 22.2. The van der Waals surface area contributed by atoms with Crippen molar-refractivity contribution in [1.82, 2.24) is 0 Å². The van der Waals surface area contributed by atoms with Crippen LogP contribution in [-0.2, 0) is 10.8 Å². The van der Waals surface area contributed by atoms with Crippen LogP contribution in [-0.4, -0.2) is 0 Å². The van der Waals surface area contributed by atoms with E-state index in [4.69, 9.17) is 0 Å². The molecule has 2 fully saturated rings. The first-order chi connectivity index (χ1) is 29.3. The Kier molecular flexibility index (Phi) is 8.75. The molecule has 3 aliphatic rings. The molecule has 2 saturated carbocycles. The van der Waals surface area contributed by atoms with Crippen LogP contribution in [0.2, 0.25) is 0 Å². The first-order valence-corrected chi connectivity index (χ1v) is 22.2. The zero-order valence-corrected chi connectivity index (χ0v) is 35.3. The SMILES string of the molecule is Cc1cccc2c1-c1ccc(N(c3ccc(C4CC5CCC4C5)cc3)c3cc4ccccc4cc3-c3ccccc3C(C)(C)C)cc1C2(c1ccccc1)c1ccccc1. The predicted octanol–water partition coefficient (Wildman–Crippen LogP) is 15.8. The maximum atomic E-state index is 2.57. The topological polar surface area (TPSA) is 3.24 Å². The van der Waals surface area contributed by atoms with Gasteiger partial charge in [-0.05, 0) is 152 Å². The van der Waals surface area contributed by atoms with Crippen molar-refractivity contribution in [3.63, 3.8) is 0 Å². The molecular weight excluding hydrogens is 723 g/mol. The molecule has 8 aromatic carbocycles. The molecule has 11 rings (SSSR count). The Labute approximate surface area is 356 Å². The van der Waals surface area contributed by atoms with Gasteiger partial charge in [0.25, 0.3) is 0 Å². The van der Waals surface area contributed by atoms with Crippen molar-refractivity contribution in [1.29, 1.82) is 0 Å². The normalized spacial score (nSPS) is 18.7. The number of hydrogen-bond donors (Lipinski definition) is 0. The standard InChI is InChI=1S/C59H53N/c1-39-16-15-25-54-57(39)50-33-32-48(38-55(50)59(54,45-19-7-5-8-20-45)46-21-9-6-10-22-46)60(47-30-28-41(29-31-47)51-35-40-26-27-44(51)34-40)56-37-43-18-12-11-17-42(43)36-52(56)49-23-13-14-24-53(49)58(2,3)4/h5-25,28-33,36-38,40,44,51H,26-27,34-35H2,1-4H3. The van der Waals surface area contributed by atoms with Crippen molar-refractivity contribution >= 4 is 27.8 Å². The monoisotopic (exact) mass is 775 g/mol. The van der Waals surface area contributed by atoms with Gasteiger partial charge in [-0.25, -0.2) is 0 Å². The van der Waals surface area contributed by atoms with E-state index in [1.165, 1.54) is 109 Å². The van der Waals surface area contributed by atoms with Gasteiger partial charge in [0.1, 0.15) is 0 Å². The molecular formula is C59H53N. The lowest BCUT2D eigenvalue weighted by atomic mass is 9.67. The van der Waals surface area contributed by atoms with Gasteiger partial charge in [-0.1, -0.05) is 173 Å². The fraction of sp³-hybridized carbons (Fsp3) is 0.220. The lowest BCUT2D eigenvalue weighted by molar-refractivity contribution is 0.420. The van der Waals surface area contributed by atoms with Gasteiger partial charge in [-0.3, -0.25) is 0 Å². The number of fused-ring (bicyclic) bond motifs is 6. The Morgan fingerprint density at radius 3 is 1.83 bits per heavy atom. The Balaban J connectivity index is 1.20. The quantitative estimate of drug-likeness (QED) is 0.156. The summed E-state index contributed by atoms with van der Waals surface area (Å²) in [7, 11) is 0. The van der Waals surface area contributed by atoms with Gasteiger partial charge in [0.05, 0.1) is 11.1 Å². The zero-order chi connectivity index (χ0) is 40.6. The van der Waals surface area contributed by atoms with Crippen molar-refractivity contribution in [2.75, 3.05) is 4.90 Å². The first kappa shape index (κ1) is 36.9. The van der Waals surface area contributed by atoms with E-state index in [0.717, 1.165) is 17.5 Å². The third-order valence-electron chi connectivity index (χ3n) is 14.5. The molecule has 0 aromatic heterocycles. The summed E-state index contributed by atoms with van der Waals surface area (Å²) in [5.74, 6) is 2.43. The summed E-state index contributed by atoms with van der Waals surface area (Å²) in [6.45, 7) is 9.30. The Morgan fingerprint density at radius 2 is 1.17 bits per heavy atom. The molecule has 2 bridgehead atoms. The maximum absolute atomic E-state index is 2.57. The van der Waals surface area contributed by atoms with Crippen LogP contribution in [0.5, 0.6) is 0 Å². The molecule has 1 heteroatoms. The Morgan fingerprint density at radius 1 is 0.517 bits per heavy atom. The number of benzene rings is 8. The number of aryl methyl sites for hydroxylation is 1. The average Bonchev–Trinajstić information content (AvgIpc) is 4.00. The van der Waals surface area contributed by atoms with Crippen molar-refractivity contribution < 1.29 is 0 Å². The van der Waals surface area contributed by atoms with Crippen LogP contribution < -0.4 is 4.90 Å². The highest BCUT2D eigenvalue weighted by Crippen LogP contribution is 2.59. The number of anilines is 3. The van der Waals surface area contributed by atoms with E-state index in [9.17, 15) is 0 Å². The van der Waals surface area contributed by atoms with E-state index in [-0.39, 0.29) is 5.41 Å². The van der Waals surface area contributed by atoms with Crippen LogP contribution in [0.25, 0.3) is 33.0 Å². The molecule has 60 heavy (non-hydrogen) atoms. The third kappa shape index (κ3) is 5.81. The van der Waals surface area contributed by atoms with Crippen LogP contribution in [0.4, 0.5) is 17.1 Å². The molecule has 3 aliphatic carbocycles. The second kappa shape index (κ2) is 14.2. The molecule has 8 aromatic rings. The van der Waals surface area contributed by atoms with E-state index in [0.29, 0.717) is 5.92 Å². The summed E-state index contributed by atoms with van der Waals surface area (Å²) in [5, 5.41) is 2.48. The van der Waals surface area contributed by atoms with Gasteiger partial charge in [-0.15, -0.1) is 0 Å². The van der Waals surface area contributed by atoms with Gasteiger partial charge < -0.3 is 4.90 Å². The second-order valence-electron chi connectivity index (χ2n) is 18.9. The van der Waals surface area contributed by atoms with Gasteiger partial charge >= 0.3 is 0 Å². The molecule has 1 nitrogen and oxygen atoms in total. The lowest BCUT2D eigenvalue weighted by Gasteiger charge is -2.35. The van der Waals surface area contributed by atoms with Crippen molar-refractivity contribution in [3.8, 4) is 22.3 Å². The van der Waals surface area contributed by atoms with Gasteiger partial charge in [0.2, 0.25) is 0 Å². The fourth-order valence-electron chi connectivity index (χ4n) is 11.8. The van der Waals surface area contributed by atoms with Crippen LogP contribution in [0.1, 0.15) is 91.3 Å². The largest absolute Gasteiger partial charge is 0.310 e. The highest BCUT2D eigenvalue weighted by atomic mass is 15.1. The summed E-state index contributed by atoms with van der Waals surface area (Å²) >= 11 is 0. The maximum Gasteiger partial charge on any atom is 0.0714 e. The van der Waals surface area contributed by atoms with Gasteiger partial charge in [0.15, 0.2) is 0 Å². The van der Waals surface area contributed by atoms with Gasteiger partial charge in [-0.2, -0.15) is 0 Å².